The molecule has 0 saturated carbocycles. The van der Waals surface area contributed by atoms with Crippen molar-refractivity contribution in [1.82, 2.24) is 10.3 Å². The Kier molecular flexibility index (Phi) is 5.04. The summed E-state index contributed by atoms with van der Waals surface area (Å²) in [4.78, 5) is 5.70. The second kappa shape index (κ2) is 7.18. The molecule has 108 valence electrons. The maximum atomic E-state index is 6.14. The maximum absolute atomic E-state index is 6.14. The molecular formula is C16H15ClN2S2. The highest BCUT2D eigenvalue weighted by Crippen LogP contribution is 2.27. The van der Waals surface area contributed by atoms with Gasteiger partial charge in [0.05, 0.1) is 4.88 Å². The van der Waals surface area contributed by atoms with Gasteiger partial charge in [0, 0.05) is 23.3 Å². The fourth-order valence-electron chi connectivity index (χ4n) is 2.05. The number of nitrogens with zero attached hydrogens (tertiary/aromatic N) is 1. The topological polar surface area (TPSA) is 24.9 Å². The van der Waals surface area contributed by atoms with Crippen LogP contribution >= 0.6 is 34.3 Å². The number of halogens is 1. The van der Waals surface area contributed by atoms with Crippen LogP contribution in [0.15, 0.2) is 47.3 Å². The lowest BCUT2D eigenvalue weighted by Gasteiger charge is -2.04. The number of thiophene rings is 1. The maximum Gasteiger partial charge on any atom is 0.107 e. The highest BCUT2D eigenvalue weighted by Gasteiger charge is 2.05. The fourth-order valence-corrected chi connectivity index (χ4v) is 3.89. The molecule has 0 spiro atoms. The molecule has 0 aliphatic rings. The van der Waals surface area contributed by atoms with Crippen LogP contribution < -0.4 is 5.32 Å². The summed E-state index contributed by atoms with van der Waals surface area (Å²) in [6.45, 7) is 1.70. The molecule has 1 N–H and O–H groups in total. The third-order valence-electron chi connectivity index (χ3n) is 3.16. The van der Waals surface area contributed by atoms with E-state index < -0.39 is 0 Å². The number of nitrogens with one attached hydrogen (secondary N) is 1. The van der Waals surface area contributed by atoms with Gasteiger partial charge < -0.3 is 5.32 Å². The zero-order chi connectivity index (χ0) is 14.5. The monoisotopic (exact) mass is 334 g/mol. The van der Waals surface area contributed by atoms with E-state index in [2.05, 4.69) is 33.2 Å². The standard InChI is InChI=1S/C16H15ClN2S2/c17-14-4-2-1-3-12(14)5-7-18-10-16-19-9-15(21-16)13-6-8-20-11-13/h1-4,6,8-9,11,18H,5,7,10H2. The molecule has 0 radical (unpaired) electrons. The highest BCUT2D eigenvalue weighted by atomic mass is 35.5. The van der Waals surface area contributed by atoms with E-state index in [0.717, 1.165) is 29.5 Å². The molecule has 21 heavy (non-hydrogen) atoms. The van der Waals surface area contributed by atoms with Crippen molar-refractivity contribution < 1.29 is 0 Å². The summed E-state index contributed by atoms with van der Waals surface area (Å²) in [6, 6.07) is 10.1. The van der Waals surface area contributed by atoms with Crippen molar-refractivity contribution in [1.29, 1.82) is 0 Å². The molecule has 2 aromatic heterocycles. The quantitative estimate of drug-likeness (QED) is 0.651. The van der Waals surface area contributed by atoms with Crippen molar-refractivity contribution in [3.05, 3.63) is 62.9 Å². The SMILES string of the molecule is Clc1ccccc1CCNCc1ncc(-c2ccsc2)s1. The van der Waals surface area contributed by atoms with Crippen LogP contribution in [0.4, 0.5) is 0 Å². The minimum atomic E-state index is 0.805. The smallest absolute Gasteiger partial charge is 0.107 e. The number of aromatic nitrogens is 1. The fraction of sp³-hybridized carbons (Fsp3) is 0.188. The van der Waals surface area contributed by atoms with E-state index in [-0.39, 0.29) is 0 Å². The lowest BCUT2D eigenvalue weighted by molar-refractivity contribution is 0.684. The Morgan fingerprint density at radius 1 is 1.19 bits per heavy atom. The Balaban J connectivity index is 1.49. The van der Waals surface area contributed by atoms with E-state index in [1.807, 2.05) is 24.4 Å². The highest BCUT2D eigenvalue weighted by molar-refractivity contribution is 7.15. The van der Waals surface area contributed by atoms with Crippen LogP contribution in [0.25, 0.3) is 10.4 Å². The minimum Gasteiger partial charge on any atom is -0.310 e. The van der Waals surface area contributed by atoms with Crippen LogP contribution in [0.1, 0.15) is 10.6 Å². The molecule has 0 unspecified atom stereocenters. The Labute approximate surface area is 137 Å². The van der Waals surface area contributed by atoms with E-state index >= 15 is 0 Å². The molecule has 2 heterocycles. The first-order valence-electron chi connectivity index (χ1n) is 6.74. The summed E-state index contributed by atoms with van der Waals surface area (Å²) in [5.41, 5.74) is 2.45. The second-order valence-electron chi connectivity index (χ2n) is 4.65. The van der Waals surface area contributed by atoms with Crippen LogP contribution in [0, 0.1) is 0 Å². The van der Waals surface area contributed by atoms with Gasteiger partial charge in [0.15, 0.2) is 0 Å². The molecule has 0 aliphatic carbocycles. The number of hydrogen-bond acceptors (Lipinski definition) is 4. The van der Waals surface area contributed by atoms with E-state index in [1.54, 1.807) is 22.7 Å². The molecule has 1 aromatic carbocycles. The van der Waals surface area contributed by atoms with Gasteiger partial charge in [-0.25, -0.2) is 4.98 Å². The lowest BCUT2D eigenvalue weighted by Crippen LogP contribution is -2.16. The first-order valence-corrected chi connectivity index (χ1v) is 8.88. The van der Waals surface area contributed by atoms with Gasteiger partial charge in [-0.2, -0.15) is 11.3 Å². The first kappa shape index (κ1) is 14.7. The zero-order valence-electron chi connectivity index (χ0n) is 11.4. The molecule has 2 nitrogen and oxygen atoms in total. The van der Waals surface area contributed by atoms with Gasteiger partial charge in [-0.3, -0.25) is 0 Å². The molecule has 0 aliphatic heterocycles. The summed E-state index contributed by atoms with van der Waals surface area (Å²) in [5, 5.41) is 9.64. The Morgan fingerprint density at radius 2 is 2.10 bits per heavy atom. The average molecular weight is 335 g/mol. The van der Waals surface area contributed by atoms with Crippen LogP contribution in [0.3, 0.4) is 0 Å². The largest absolute Gasteiger partial charge is 0.310 e. The Morgan fingerprint density at radius 3 is 2.90 bits per heavy atom. The molecule has 0 fully saturated rings. The van der Waals surface area contributed by atoms with Gasteiger partial charge in [0.2, 0.25) is 0 Å². The third-order valence-corrected chi connectivity index (χ3v) is 5.26. The van der Waals surface area contributed by atoms with Crippen molar-refractivity contribution in [2.45, 2.75) is 13.0 Å². The predicted molar refractivity (Wildman–Crippen MR) is 92.3 cm³/mol. The number of benzene rings is 1. The van der Waals surface area contributed by atoms with E-state index in [0.29, 0.717) is 0 Å². The summed E-state index contributed by atoms with van der Waals surface area (Å²) in [7, 11) is 0. The third kappa shape index (κ3) is 3.92. The number of thiazole rings is 1. The summed E-state index contributed by atoms with van der Waals surface area (Å²) < 4.78 is 0. The normalized spacial score (nSPS) is 10.9. The molecule has 0 bridgehead atoms. The van der Waals surface area contributed by atoms with Gasteiger partial charge in [-0.05, 0) is 41.4 Å². The minimum absolute atomic E-state index is 0.805. The van der Waals surface area contributed by atoms with Gasteiger partial charge >= 0.3 is 0 Å². The van der Waals surface area contributed by atoms with Crippen molar-refractivity contribution >= 4 is 34.3 Å². The number of hydrogen-bond donors (Lipinski definition) is 1. The molecule has 3 aromatic rings. The van der Waals surface area contributed by atoms with E-state index in [4.69, 9.17) is 11.6 Å². The van der Waals surface area contributed by atoms with Gasteiger partial charge in [-0.1, -0.05) is 29.8 Å². The van der Waals surface area contributed by atoms with Crippen molar-refractivity contribution in [3.8, 4) is 10.4 Å². The van der Waals surface area contributed by atoms with Gasteiger partial charge in [0.25, 0.3) is 0 Å². The second-order valence-corrected chi connectivity index (χ2v) is 6.95. The van der Waals surface area contributed by atoms with E-state index in [1.165, 1.54) is 16.0 Å². The van der Waals surface area contributed by atoms with Crippen molar-refractivity contribution in [2.24, 2.45) is 0 Å². The molecule has 3 rings (SSSR count). The molecule has 0 amide bonds. The molecule has 0 atom stereocenters. The van der Waals surface area contributed by atoms with Crippen molar-refractivity contribution in [3.63, 3.8) is 0 Å². The lowest BCUT2D eigenvalue weighted by atomic mass is 10.1. The molecule has 5 heteroatoms. The van der Waals surface area contributed by atoms with Gasteiger partial charge in [-0.15, -0.1) is 11.3 Å². The van der Waals surface area contributed by atoms with Crippen LogP contribution in [0.2, 0.25) is 5.02 Å². The van der Waals surface area contributed by atoms with E-state index in [9.17, 15) is 0 Å². The molecule has 0 saturated heterocycles. The van der Waals surface area contributed by atoms with Crippen molar-refractivity contribution in [2.75, 3.05) is 6.54 Å². The van der Waals surface area contributed by atoms with Crippen LogP contribution in [-0.2, 0) is 13.0 Å². The molecular weight excluding hydrogens is 320 g/mol. The summed E-state index contributed by atoms with van der Waals surface area (Å²) in [5.74, 6) is 0. The zero-order valence-corrected chi connectivity index (χ0v) is 13.8. The predicted octanol–water partition coefficient (Wildman–Crippen LogP) is 4.86. The van der Waals surface area contributed by atoms with Crippen LogP contribution in [-0.4, -0.2) is 11.5 Å². The van der Waals surface area contributed by atoms with Crippen LogP contribution in [0.5, 0.6) is 0 Å². The Hall–Kier alpha value is -1.20. The Bertz CT molecular complexity index is 692. The van der Waals surface area contributed by atoms with Gasteiger partial charge in [0.1, 0.15) is 5.01 Å². The number of rotatable bonds is 6. The summed E-state index contributed by atoms with van der Waals surface area (Å²) in [6.07, 6.45) is 2.89. The first-order chi connectivity index (χ1) is 10.3. The average Bonchev–Trinajstić information content (AvgIpc) is 3.16. The summed E-state index contributed by atoms with van der Waals surface area (Å²) >= 11 is 9.61.